The molecule has 0 amide bonds. The summed E-state index contributed by atoms with van der Waals surface area (Å²) in [7, 11) is 2.04. The molecule has 2 aromatic rings. The van der Waals surface area contributed by atoms with Crippen molar-refractivity contribution in [3.63, 3.8) is 0 Å². The van der Waals surface area contributed by atoms with Gasteiger partial charge in [-0.2, -0.15) is 0 Å². The molecule has 0 spiro atoms. The first-order valence-electron chi connectivity index (χ1n) is 5.96. The van der Waals surface area contributed by atoms with Crippen LogP contribution in [-0.4, -0.2) is 16.1 Å². The summed E-state index contributed by atoms with van der Waals surface area (Å²) >= 11 is 0. The molecule has 0 fully saturated rings. The summed E-state index contributed by atoms with van der Waals surface area (Å²) in [5.41, 5.74) is 9.22. The van der Waals surface area contributed by atoms with Crippen molar-refractivity contribution in [3.8, 4) is 0 Å². The summed E-state index contributed by atoms with van der Waals surface area (Å²) in [6.45, 7) is 2.77. The van der Waals surface area contributed by atoms with E-state index in [1.807, 2.05) is 7.05 Å². The van der Waals surface area contributed by atoms with Gasteiger partial charge in [0.2, 0.25) is 0 Å². The number of hydrogen-bond donors (Lipinski definition) is 1. The van der Waals surface area contributed by atoms with Crippen LogP contribution in [0.3, 0.4) is 0 Å². The predicted molar refractivity (Wildman–Crippen MR) is 70.0 cm³/mol. The van der Waals surface area contributed by atoms with E-state index >= 15 is 0 Å². The van der Waals surface area contributed by atoms with Crippen molar-refractivity contribution in [2.45, 2.75) is 19.8 Å². The Balaban J connectivity index is 2.18. The van der Waals surface area contributed by atoms with Gasteiger partial charge in [0.25, 0.3) is 0 Å². The maximum absolute atomic E-state index is 5.54. The summed E-state index contributed by atoms with van der Waals surface area (Å²) in [4.78, 5) is 4.61. The van der Waals surface area contributed by atoms with Gasteiger partial charge in [-0.05, 0) is 19.0 Å². The summed E-state index contributed by atoms with van der Waals surface area (Å²) < 4.78 is 2.09. The molecule has 17 heavy (non-hydrogen) atoms. The molecule has 0 aliphatic heterocycles. The van der Waals surface area contributed by atoms with Crippen LogP contribution < -0.4 is 5.73 Å². The van der Waals surface area contributed by atoms with Crippen LogP contribution in [0.4, 0.5) is 0 Å². The average molecular weight is 229 g/mol. The van der Waals surface area contributed by atoms with Crippen LogP contribution in [0.2, 0.25) is 0 Å². The quantitative estimate of drug-likeness (QED) is 0.869. The number of aryl methyl sites for hydroxylation is 2. The smallest absolute Gasteiger partial charge is 0.113 e. The Morgan fingerprint density at radius 2 is 2.18 bits per heavy atom. The predicted octanol–water partition coefficient (Wildman–Crippen LogP) is 1.82. The van der Waals surface area contributed by atoms with E-state index in [-0.39, 0.29) is 0 Å². The third-order valence-electron chi connectivity index (χ3n) is 2.87. The summed E-state index contributed by atoms with van der Waals surface area (Å²) in [6, 6.07) is 8.55. The SMILES string of the molecule is Cc1cccc(Cc2nc(CCN)cn2C)c1. The number of hydrogen-bond acceptors (Lipinski definition) is 2. The van der Waals surface area contributed by atoms with Gasteiger partial charge in [0.05, 0.1) is 5.69 Å². The highest BCUT2D eigenvalue weighted by atomic mass is 15.0. The van der Waals surface area contributed by atoms with Gasteiger partial charge in [-0.3, -0.25) is 0 Å². The maximum atomic E-state index is 5.54. The molecule has 3 nitrogen and oxygen atoms in total. The molecular formula is C14H19N3. The molecule has 0 aliphatic carbocycles. The Kier molecular flexibility index (Phi) is 3.59. The van der Waals surface area contributed by atoms with Gasteiger partial charge in [0, 0.05) is 26.1 Å². The van der Waals surface area contributed by atoms with E-state index in [9.17, 15) is 0 Å². The van der Waals surface area contributed by atoms with Gasteiger partial charge in [0.1, 0.15) is 5.82 Å². The normalized spacial score (nSPS) is 10.8. The molecule has 0 aliphatic rings. The molecule has 0 saturated carbocycles. The van der Waals surface area contributed by atoms with Crippen molar-refractivity contribution in [2.24, 2.45) is 12.8 Å². The number of imidazole rings is 1. The molecule has 0 saturated heterocycles. The zero-order chi connectivity index (χ0) is 12.3. The summed E-state index contributed by atoms with van der Waals surface area (Å²) in [6.07, 6.45) is 3.79. The second kappa shape index (κ2) is 5.15. The first kappa shape index (κ1) is 11.9. The number of rotatable bonds is 4. The minimum Gasteiger partial charge on any atom is -0.337 e. The average Bonchev–Trinajstić information content (AvgIpc) is 2.60. The molecule has 1 heterocycles. The van der Waals surface area contributed by atoms with Gasteiger partial charge in [-0.1, -0.05) is 29.8 Å². The monoisotopic (exact) mass is 229 g/mol. The second-order valence-corrected chi connectivity index (χ2v) is 4.46. The van der Waals surface area contributed by atoms with Crippen LogP contribution >= 0.6 is 0 Å². The first-order chi connectivity index (χ1) is 8.19. The highest BCUT2D eigenvalue weighted by molar-refractivity contribution is 5.25. The number of benzene rings is 1. The Hall–Kier alpha value is -1.61. The highest BCUT2D eigenvalue weighted by Gasteiger charge is 2.05. The maximum Gasteiger partial charge on any atom is 0.113 e. The molecule has 2 rings (SSSR count). The van der Waals surface area contributed by atoms with Gasteiger partial charge in [-0.15, -0.1) is 0 Å². The molecule has 0 radical (unpaired) electrons. The van der Waals surface area contributed by atoms with E-state index in [2.05, 4.69) is 46.9 Å². The van der Waals surface area contributed by atoms with Crippen molar-refractivity contribution < 1.29 is 0 Å². The molecule has 0 atom stereocenters. The molecule has 1 aromatic heterocycles. The molecule has 2 N–H and O–H groups in total. The molecule has 1 aromatic carbocycles. The fraction of sp³-hybridized carbons (Fsp3) is 0.357. The highest BCUT2D eigenvalue weighted by Crippen LogP contribution is 2.11. The standard InChI is InChI=1S/C14H19N3/c1-11-4-3-5-12(8-11)9-14-16-13(6-7-15)10-17(14)2/h3-5,8,10H,6-7,9,15H2,1-2H3. The molecular weight excluding hydrogens is 210 g/mol. The Labute approximate surface area is 102 Å². The van der Waals surface area contributed by atoms with Crippen LogP contribution in [0.1, 0.15) is 22.6 Å². The number of aromatic nitrogens is 2. The fourth-order valence-corrected chi connectivity index (χ4v) is 2.01. The Morgan fingerprint density at radius 1 is 1.35 bits per heavy atom. The van der Waals surface area contributed by atoms with Crippen molar-refractivity contribution in [3.05, 3.63) is 53.1 Å². The van der Waals surface area contributed by atoms with Crippen molar-refractivity contribution in [1.29, 1.82) is 0 Å². The summed E-state index contributed by atoms with van der Waals surface area (Å²) in [5, 5.41) is 0. The Morgan fingerprint density at radius 3 is 2.88 bits per heavy atom. The number of nitrogens with two attached hydrogens (primary N) is 1. The van der Waals surface area contributed by atoms with Gasteiger partial charge in [-0.25, -0.2) is 4.98 Å². The molecule has 3 heteroatoms. The second-order valence-electron chi connectivity index (χ2n) is 4.46. The van der Waals surface area contributed by atoms with E-state index in [1.165, 1.54) is 11.1 Å². The topological polar surface area (TPSA) is 43.8 Å². The van der Waals surface area contributed by atoms with E-state index < -0.39 is 0 Å². The Bertz CT molecular complexity index is 500. The van der Waals surface area contributed by atoms with E-state index in [0.717, 1.165) is 24.4 Å². The third kappa shape index (κ3) is 2.94. The van der Waals surface area contributed by atoms with Crippen molar-refractivity contribution >= 4 is 0 Å². The lowest BCUT2D eigenvalue weighted by Crippen LogP contribution is -2.02. The van der Waals surface area contributed by atoms with Gasteiger partial charge in [0.15, 0.2) is 0 Å². The van der Waals surface area contributed by atoms with Crippen molar-refractivity contribution in [2.75, 3.05) is 6.54 Å². The van der Waals surface area contributed by atoms with Crippen LogP contribution in [0.25, 0.3) is 0 Å². The molecule has 90 valence electrons. The molecule has 0 bridgehead atoms. The zero-order valence-electron chi connectivity index (χ0n) is 10.5. The minimum absolute atomic E-state index is 0.654. The summed E-state index contributed by atoms with van der Waals surface area (Å²) in [5.74, 6) is 1.10. The van der Waals surface area contributed by atoms with Crippen LogP contribution in [0, 0.1) is 6.92 Å². The lowest BCUT2D eigenvalue weighted by Gasteiger charge is -2.02. The van der Waals surface area contributed by atoms with Crippen molar-refractivity contribution in [1.82, 2.24) is 9.55 Å². The van der Waals surface area contributed by atoms with Crippen LogP contribution in [-0.2, 0) is 19.9 Å². The van der Waals surface area contributed by atoms with Gasteiger partial charge < -0.3 is 10.3 Å². The minimum atomic E-state index is 0.654. The van der Waals surface area contributed by atoms with E-state index in [1.54, 1.807) is 0 Å². The first-order valence-corrected chi connectivity index (χ1v) is 5.96. The zero-order valence-corrected chi connectivity index (χ0v) is 10.5. The largest absolute Gasteiger partial charge is 0.337 e. The van der Waals surface area contributed by atoms with Crippen LogP contribution in [0.15, 0.2) is 30.5 Å². The lowest BCUT2D eigenvalue weighted by molar-refractivity contribution is 0.821. The van der Waals surface area contributed by atoms with E-state index in [0.29, 0.717) is 6.54 Å². The van der Waals surface area contributed by atoms with E-state index in [4.69, 9.17) is 5.73 Å². The third-order valence-corrected chi connectivity index (χ3v) is 2.87. The van der Waals surface area contributed by atoms with Crippen LogP contribution in [0.5, 0.6) is 0 Å². The fourth-order valence-electron chi connectivity index (χ4n) is 2.01. The molecule has 0 unspecified atom stereocenters. The van der Waals surface area contributed by atoms with Gasteiger partial charge >= 0.3 is 0 Å². The lowest BCUT2D eigenvalue weighted by atomic mass is 10.1. The number of nitrogens with zero attached hydrogens (tertiary/aromatic N) is 2.